The summed E-state index contributed by atoms with van der Waals surface area (Å²) >= 11 is 0. The zero-order chi connectivity index (χ0) is 9.84. The van der Waals surface area contributed by atoms with Crippen molar-refractivity contribution in [1.29, 1.82) is 0 Å². The first-order chi connectivity index (χ1) is 6.11. The number of hydrogen-bond donors (Lipinski definition) is 1. The molecule has 1 aromatic carbocycles. The van der Waals surface area contributed by atoms with E-state index in [0.29, 0.717) is 12.1 Å². The molecule has 1 N–H and O–H groups in total. The van der Waals surface area contributed by atoms with Crippen LogP contribution in [0, 0.1) is 6.92 Å². The van der Waals surface area contributed by atoms with Crippen molar-refractivity contribution < 1.29 is 0 Å². The van der Waals surface area contributed by atoms with Gasteiger partial charge in [-0.2, -0.15) is 0 Å². The van der Waals surface area contributed by atoms with Crippen molar-refractivity contribution in [1.82, 2.24) is 5.32 Å². The quantitative estimate of drug-likeness (QED) is 0.748. The summed E-state index contributed by atoms with van der Waals surface area (Å²) in [5, 5.41) is 3.50. The number of benzene rings is 1. The fourth-order valence-electron chi connectivity index (χ4n) is 1.66. The molecule has 0 fully saturated rings. The minimum atomic E-state index is 0.446. The fourth-order valence-corrected chi connectivity index (χ4v) is 1.66. The van der Waals surface area contributed by atoms with Gasteiger partial charge in [-0.25, -0.2) is 0 Å². The first kappa shape index (κ1) is 10.3. The Bertz CT molecular complexity index is 266. The minimum absolute atomic E-state index is 0.446. The molecule has 72 valence electrons. The number of rotatable bonds is 3. The van der Waals surface area contributed by atoms with Gasteiger partial charge in [-0.15, -0.1) is 0 Å². The van der Waals surface area contributed by atoms with E-state index in [9.17, 15) is 0 Å². The van der Waals surface area contributed by atoms with Gasteiger partial charge < -0.3 is 5.32 Å². The van der Waals surface area contributed by atoms with Crippen LogP contribution in [-0.4, -0.2) is 6.04 Å². The molecule has 0 spiro atoms. The predicted octanol–water partition coefficient (Wildman–Crippen LogP) is 3.05. The Balaban J connectivity index is 2.76. The van der Waals surface area contributed by atoms with Crippen LogP contribution in [0.5, 0.6) is 0 Å². The van der Waals surface area contributed by atoms with Crippen LogP contribution in [0.15, 0.2) is 24.3 Å². The predicted molar refractivity (Wildman–Crippen MR) is 57.9 cm³/mol. The summed E-state index contributed by atoms with van der Waals surface area (Å²) in [6.07, 6.45) is 0. The molecule has 0 amide bonds. The molecule has 1 nitrogen and oxygen atoms in total. The van der Waals surface area contributed by atoms with Gasteiger partial charge in [0, 0.05) is 12.1 Å². The van der Waals surface area contributed by atoms with Crippen LogP contribution in [0.25, 0.3) is 0 Å². The zero-order valence-corrected chi connectivity index (χ0v) is 8.96. The third kappa shape index (κ3) is 2.85. The summed E-state index contributed by atoms with van der Waals surface area (Å²) in [5.41, 5.74) is 2.76. The Morgan fingerprint density at radius 2 is 1.69 bits per heavy atom. The first-order valence-corrected chi connectivity index (χ1v) is 4.93. The van der Waals surface area contributed by atoms with E-state index in [2.05, 4.69) is 57.3 Å². The average Bonchev–Trinajstić information content (AvgIpc) is 2.03. The standard InChI is InChI=1S/C12H19N/c1-9(2)13-11(4)12-8-6-5-7-10(12)3/h5-9,11,13H,1-4H3/t11-/m0/s1. The lowest BCUT2D eigenvalue weighted by Gasteiger charge is -2.18. The van der Waals surface area contributed by atoms with E-state index >= 15 is 0 Å². The summed E-state index contributed by atoms with van der Waals surface area (Å²) in [6, 6.07) is 9.51. The van der Waals surface area contributed by atoms with Crippen molar-refractivity contribution in [3.63, 3.8) is 0 Å². The molecule has 0 aromatic heterocycles. The summed E-state index contributed by atoms with van der Waals surface area (Å²) in [5.74, 6) is 0. The fraction of sp³-hybridized carbons (Fsp3) is 0.500. The molecule has 1 heteroatoms. The molecule has 0 unspecified atom stereocenters. The SMILES string of the molecule is Cc1ccccc1[C@H](C)NC(C)C. The van der Waals surface area contributed by atoms with E-state index in [1.54, 1.807) is 0 Å². The highest BCUT2D eigenvalue weighted by Gasteiger charge is 2.07. The van der Waals surface area contributed by atoms with Gasteiger partial charge in [-0.3, -0.25) is 0 Å². The number of hydrogen-bond acceptors (Lipinski definition) is 1. The van der Waals surface area contributed by atoms with Gasteiger partial charge in [0.15, 0.2) is 0 Å². The maximum absolute atomic E-state index is 3.50. The second-order valence-corrected chi connectivity index (χ2v) is 3.90. The summed E-state index contributed by atoms with van der Waals surface area (Å²) in [4.78, 5) is 0. The molecule has 0 saturated carbocycles. The van der Waals surface area contributed by atoms with Crippen LogP contribution in [0.4, 0.5) is 0 Å². The van der Waals surface area contributed by atoms with Gasteiger partial charge in [0.05, 0.1) is 0 Å². The van der Waals surface area contributed by atoms with E-state index in [-0.39, 0.29) is 0 Å². The van der Waals surface area contributed by atoms with Crippen LogP contribution in [0.1, 0.15) is 37.9 Å². The van der Waals surface area contributed by atoms with Crippen LogP contribution >= 0.6 is 0 Å². The first-order valence-electron chi connectivity index (χ1n) is 4.93. The van der Waals surface area contributed by atoms with Crippen LogP contribution in [0.3, 0.4) is 0 Å². The molecular formula is C12H19N. The lowest BCUT2D eigenvalue weighted by atomic mass is 10.0. The van der Waals surface area contributed by atoms with E-state index in [1.807, 2.05) is 0 Å². The van der Waals surface area contributed by atoms with Gasteiger partial charge in [-0.1, -0.05) is 38.1 Å². The lowest BCUT2D eigenvalue weighted by Crippen LogP contribution is -2.26. The van der Waals surface area contributed by atoms with Crippen molar-refractivity contribution >= 4 is 0 Å². The summed E-state index contributed by atoms with van der Waals surface area (Å²) in [6.45, 7) is 8.72. The largest absolute Gasteiger partial charge is 0.308 e. The highest BCUT2D eigenvalue weighted by molar-refractivity contribution is 5.28. The Morgan fingerprint density at radius 3 is 2.23 bits per heavy atom. The highest BCUT2D eigenvalue weighted by atomic mass is 14.9. The van der Waals surface area contributed by atoms with Crippen molar-refractivity contribution in [3.8, 4) is 0 Å². The summed E-state index contributed by atoms with van der Waals surface area (Å²) < 4.78 is 0. The molecule has 0 aliphatic carbocycles. The molecule has 0 bridgehead atoms. The molecule has 0 heterocycles. The third-order valence-corrected chi connectivity index (χ3v) is 2.24. The van der Waals surface area contributed by atoms with Gasteiger partial charge >= 0.3 is 0 Å². The number of nitrogens with one attached hydrogen (secondary N) is 1. The monoisotopic (exact) mass is 177 g/mol. The Morgan fingerprint density at radius 1 is 1.08 bits per heavy atom. The van der Waals surface area contributed by atoms with Crippen molar-refractivity contribution in [2.45, 2.75) is 39.8 Å². The molecule has 1 rings (SSSR count). The minimum Gasteiger partial charge on any atom is -0.308 e. The zero-order valence-electron chi connectivity index (χ0n) is 8.96. The average molecular weight is 177 g/mol. The highest BCUT2D eigenvalue weighted by Crippen LogP contribution is 2.16. The second kappa shape index (κ2) is 4.43. The molecule has 0 aliphatic rings. The van der Waals surface area contributed by atoms with Gasteiger partial charge in [0.1, 0.15) is 0 Å². The van der Waals surface area contributed by atoms with Crippen LogP contribution in [0.2, 0.25) is 0 Å². The van der Waals surface area contributed by atoms with E-state index in [0.717, 1.165) is 0 Å². The second-order valence-electron chi connectivity index (χ2n) is 3.90. The number of aryl methyl sites for hydroxylation is 1. The smallest absolute Gasteiger partial charge is 0.0296 e. The maximum Gasteiger partial charge on any atom is 0.0296 e. The van der Waals surface area contributed by atoms with Crippen molar-refractivity contribution in [3.05, 3.63) is 35.4 Å². The third-order valence-electron chi connectivity index (χ3n) is 2.24. The van der Waals surface area contributed by atoms with Crippen molar-refractivity contribution in [2.75, 3.05) is 0 Å². The van der Waals surface area contributed by atoms with Crippen LogP contribution < -0.4 is 5.32 Å². The maximum atomic E-state index is 3.50. The van der Waals surface area contributed by atoms with Gasteiger partial charge in [0.2, 0.25) is 0 Å². The van der Waals surface area contributed by atoms with E-state index in [1.165, 1.54) is 11.1 Å². The Labute approximate surface area is 81.2 Å². The topological polar surface area (TPSA) is 12.0 Å². The molecule has 0 saturated heterocycles. The van der Waals surface area contributed by atoms with Crippen LogP contribution in [-0.2, 0) is 0 Å². The Kier molecular flexibility index (Phi) is 3.49. The molecule has 0 radical (unpaired) electrons. The molecule has 13 heavy (non-hydrogen) atoms. The van der Waals surface area contributed by atoms with Crippen molar-refractivity contribution in [2.24, 2.45) is 0 Å². The molecule has 1 aromatic rings. The lowest BCUT2D eigenvalue weighted by molar-refractivity contribution is 0.505. The molecular weight excluding hydrogens is 158 g/mol. The normalized spacial score (nSPS) is 13.3. The van der Waals surface area contributed by atoms with Gasteiger partial charge in [-0.05, 0) is 25.0 Å². The Hall–Kier alpha value is -0.820. The van der Waals surface area contributed by atoms with E-state index in [4.69, 9.17) is 0 Å². The van der Waals surface area contributed by atoms with Gasteiger partial charge in [0.25, 0.3) is 0 Å². The van der Waals surface area contributed by atoms with E-state index < -0.39 is 0 Å². The molecule has 0 aliphatic heterocycles. The summed E-state index contributed by atoms with van der Waals surface area (Å²) in [7, 11) is 0. The molecule has 1 atom stereocenters.